The van der Waals surface area contributed by atoms with Gasteiger partial charge in [0.2, 0.25) is 0 Å². The van der Waals surface area contributed by atoms with E-state index in [0.29, 0.717) is 6.61 Å². The van der Waals surface area contributed by atoms with Crippen molar-refractivity contribution in [3.63, 3.8) is 0 Å². The summed E-state index contributed by atoms with van der Waals surface area (Å²) >= 11 is 1.47. The molecule has 0 bridgehead atoms. The molecule has 102 valence electrons. The standard InChI is InChI=1S/C13H22N2O2S/c1-6-15(10(4)8-17-5)13-14-12(9(2)3)11(7-16)18-13/h7,9-10H,6,8H2,1-5H3. The Hall–Kier alpha value is -0.940. The van der Waals surface area contributed by atoms with Crippen LogP contribution < -0.4 is 4.90 Å². The van der Waals surface area contributed by atoms with Crippen molar-refractivity contribution in [2.75, 3.05) is 25.2 Å². The van der Waals surface area contributed by atoms with Gasteiger partial charge in [-0.15, -0.1) is 0 Å². The van der Waals surface area contributed by atoms with Gasteiger partial charge < -0.3 is 9.64 Å². The summed E-state index contributed by atoms with van der Waals surface area (Å²) in [6.45, 7) is 9.81. The molecular weight excluding hydrogens is 248 g/mol. The smallest absolute Gasteiger partial charge is 0.186 e. The number of methoxy groups -OCH3 is 1. The van der Waals surface area contributed by atoms with Crippen molar-refractivity contribution >= 4 is 22.8 Å². The average Bonchev–Trinajstić information content (AvgIpc) is 2.74. The molecule has 0 radical (unpaired) electrons. The molecule has 0 fully saturated rings. The van der Waals surface area contributed by atoms with Crippen molar-refractivity contribution in [2.24, 2.45) is 0 Å². The summed E-state index contributed by atoms with van der Waals surface area (Å²) in [7, 11) is 1.70. The topological polar surface area (TPSA) is 42.4 Å². The van der Waals surface area contributed by atoms with Crippen LogP contribution in [-0.4, -0.2) is 37.6 Å². The maximum absolute atomic E-state index is 11.1. The summed E-state index contributed by atoms with van der Waals surface area (Å²) < 4.78 is 5.18. The fourth-order valence-corrected chi connectivity index (χ4v) is 3.12. The molecule has 0 aliphatic carbocycles. The molecule has 0 spiro atoms. The lowest BCUT2D eigenvalue weighted by molar-refractivity contribution is 0.112. The highest BCUT2D eigenvalue weighted by molar-refractivity contribution is 7.17. The van der Waals surface area contributed by atoms with E-state index in [9.17, 15) is 4.79 Å². The first-order valence-corrected chi connectivity index (χ1v) is 7.08. The number of aldehydes is 1. The number of carbonyl (C=O) groups is 1. The van der Waals surface area contributed by atoms with Crippen molar-refractivity contribution in [3.8, 4) is 0 Å². The first kappa shape index (κ1) is 15.1. The highest BCUT2D eigenvalue weighted by Crippen LogP contribution is 2.30. The second kappa shape index (κ2) is 6.85. The molecule has 0 saturated carbocycles. The van der Waals surface area contributed by atoms with Crippen LogP contribution in [0.3, 0.4) is 0 Å². The summed E-state index contributed by atoms with van der Waals surface area (Å²) in [6, 6.07) is 0.255. The van der Waals surface area contributed by atoms with E-state index >= 15 is 0 Å². The zero-order valence-electron chi connectivity index (χ0n) is 11.8. The molecule has 1 aromatic heterocycles. The monoisotopic (exact) mass is 270 g/mol. The van der Waals surface area contributed by atoms with Gasteiger partial charge in [0.25, 0.3) is 0 Å². The van der Waals surface area contributed by atoms with Crippen molar-refractivity contribution in [1.82, 2.24) is 4.98 Å². The van der Waals surface area contributed by atoms with Gasteiger partial charge in [-0.1, -0.05) is 25.2 Å². The predicted molar refractivity (Wildman–Crippen MR) is 75.9 cm³/mol. The zero-order chi connectivity index (χ0) is 13.7. The number of hydrogen-bond acceptors (Lipinski definition) is 5. The summed E-state index contributed by atoms with van der Waals surface area (Å²) in [5, 5.41) is 0.910. The molecule has 0 aliphatic heterocycles. The average molecular weight is 270 g/mol. The molecule has 1 atom stereocenters. The quantitative estimate of drug-likeness (QED) is 0.714. The minimum absolute atomic E-state index is 0.255. The van der Waals surface area contributed by atoms with Crippen molar-refractivity contribution in [2.45, 2.75) is 39.7 Å². The van der Waals surface area contributed by atoms with E-state index in [-0.39, 0.29) is 12.0 Å². The maximum Gasteiger partial charge on any atom is 0.186 e. The normalized spacial score (nSPS) is 12.8. The summed E-state index contributed by atoms with van der Waals surface area (Å²) in [5.74, 6) is 0.270. The van der Waals surface area contributed by atoms with Crippen molar-refractivity contribution in [3.05, 3.63) is 10.6 Å². The number of thiazole rings is 1. The van der Waals surface area contributed by atoms with Crippen LogP contribution >= 0.6 is 11.3 Å². The zero-order valence-corrected chi connectivity index (χ0v) is 12.6. The Labute approximate surface area is 113 Å². The number of nitrogens with zero attached hydrogens (tertiary/aromatic N) is 2. The van der Waals surface area contributed by atoms with Gasteiger partial charge >= 0.3 is 0 Å². The molecular formula is C13H22N2O2S. The molecule has 1 rings (SSSR count). The van der Waals surface area contributed by atoms with E-state index in [1.54, 1.807) is 7.11 Å². The molecule has 1 aromatic rings. The second-order valence-electron chi connectivity index (χ2n) is 4.61. The van der Waals surface area contributed by atoms with E-state index in [1.165, 1.54) is 11.3 Å². The van der Waals surface area contributed by atoms with E-state index in [4.69, 9.17) is 4.74 Å². The van der Waals surface area contributed by atoms with Gasteiger partial charge in [0.1, 0.15) is 0 Å². The van der Waals surface area contributed by atoms with Crippen LogP contribution in [0.5, 0.6) is 0 Å². The Morgan fingerprint density at radius 3 is 2.50 bits per heavy atom. The van der Waals surface area contributed by atoms with E-state index in [0.717, 1.165) is 28.5 Å². The largest absolute Gasteiger partial charge is 0.383 e. The number of likely N-dealkylation sites (N-methyl/N-ethyl adjacent to an activating group) is 1. The lowest BCUT2D eigenvalue weighted by Crippen LogP contribution is -2.36. The Kier molecular flexibility index (Phi) is 5.75. The molecule has 0 aliphatic rings. The van der Waals surface area contributed by atoms with E-state index in [1.807, 2.05) is 0 Å². The van der Waals surface area contributed by atoms with Crippen LogP contribution in [0, 0.1) is 0 Å². The van der Waals surface area contributed by atoms with Crippen LogP contribution in [0.4, 0.5) is 5.13 Å². The van der Waals surface area contributed by atoms with Crippen LogP contribution in [0.15, 0.2) is 0 Å². The molecule has 1 heterocycles. The number of hydrogen-bond donors (Lipinski definition) is 0. The van der Waals surface area contributed by atoms with Gasteiger partial charge in [-0.05, 0) is 19.8 Å². The lowest BCUT2D eigenvalue weighted by atomic mass is 10.1. The number of rotatable bonds is 7. The predicted octanol–water partition coefficient (Wildman–Crippen LogP) is 2.94. The number of ether oxygens (including phenoxy) is 1. The molecule has 0 amide bonds. The SMILES string of the molecule is CCN(c1nc(C(C)C)c(C=O)s1)C(C)COC. The fraction of sp³-hybridized carbons (Fsp3) is 0.692. The Morgan fingerprint density at radius 2 is 2.11 bits per heavy atom. The highest BCUT2D eigenvalue weighted by atomic mass is 32.1. The van der Waals surface area contributed by atoms with Gasteiger partial charge in [0, 0.05) is 13.7 Å². The summed E-state index contributed by atoms with van der Waals surface area (Å²) in [6.07, 6.45) is 0.908. The molecule has 1 unspecified atom stereocenters. The third-order valence-electron chi connectivity index (χ3n) is 2.85. The molecule has 0 N–H and O–H groups in total. The van der Waals surface area contributed by atoms with Crippen LogP contribution in [-0.2, 0) is 4.74 Å². The third kappa shape index (κ3) is 3.29. The molecule has 5 heteroatoms. The molecule has 4 nitrogen and oxygen atoms in total. The van der Waals surface area contributed by atoms with Crippen molar-refractivity contribution in [1.29, 1.82) is 0 Å². The fourth-order valence-electron chi connectivity index (χ4n) is 1.92. The van der Waals surface area contributed by atoms with Gasteiger partial charge in [0.05, 0.1) is 23.2 Å². The second-order valence-corrected chi connectivity index (χ2v) is 5.62. The van der Waals surface area contributed by atoms with Gasteiger partial charge in [-0.3, -0.25) is 4.79 Å². The van der Waals surface area contributed by atoms with E-state index < -0.39 is 0 Å². The minimum Gasteiger partial charge on any atom is -0.383 e. The van der Waals surface area contributed by atoms with Gasteiger partial charge in [-0.25, -0.2) is 4.98 Å². The van der Waals surface area contributed by atoms with Crippen LogP contribution in [0.25, 0.3) is 0 Å². The summed E-state index contributed by atoms with van der Waals surface area (Å²) in [5.41, 5.74) is 0.896. The van der Waals surface area contributed by atoms with E-state index in [2.05, 4.69) is 37.6 Å². The first-order chi connectivity index (χ1) is 8.54. The van der Waals surface area contributed by atoms with Gasteiger partial charge in [0.15, 0.2) is 11.4 Å². The minimum atomic E-state index is 0.255. The third-order valence-corrected chi connectivity index (χ3v) is 3.88. The number of carbonyl (C=O) groups excluding carboxylic acids is 1. The summed E-state index contributed by atoms with van der Waals surface area (Å²) in [4.78, 5) is 18.6. The Bertz CT molecular complexity index is 390. The Balaban J connectivity index is 3.03. The highest BCUT2D eigenvalue weighted by Gasteiger charge is 2.20. The van der Waals surface area contributed by atoms with Gasteiger partial charge in [-0.2, -0.15) is 0 Å². The van der Waals surface area contributed by atoms with Crippen LogP contribution in [0.1, 0.15) is 49.0 Å². The molecule has 0 saturated heterocycles. The van der Waals surface area contributed by atoms with Crippen LogP contribution in [0.2, 0.25) is 0 Å². The number of anilines is 1. The Morgan fingerprint density at radius 1 is 1.44 bits per heavy atom. The van der Waals surface area contributed by atoms with Crippen molar-refractivity contribution < 1.29 is 9.53 Å². The number of aromatic nitrogens is 1. The lowest BCUT2D eigenvalue weighted by Gasteiger charge is -2.26. The first-order valence-electron chi connectivity index (χ1n) is 6.26. The molecule has 0 aromatic carbocycles. The maximum atomic E-state index is 11.1. The molecule has 18 heavy (non-hydrogen) atoms.